The highest BCUT2D eigenvalue weighted by Gasteiger charge is 2.30. The Morgan fingerprint density at radius 1 is 1.00 bits per heavy atom. The molecule has 4 aromatic rings. The Morgan fingerprint density at radius 2 is 1.76 bits per heavy atom. The van der Waals surface area contributed by atoms with E-state index >= 15 is 0 Å². The number of carbonyl (C=O) groups excluding carboxylic acids is 1. The highest BCUT2D eigenvalue weighted by Crippen LogP contribution is 2.36. The molecule has 0 aliphatic rings. The van der Waals surface area contributed by atoms with Gasteiger partial charge in [-0.05, 0) is 48.5 Å². The number of halogens is 5. The predicted octanol–water partition coefficient (Wildman–Crippen LogP) is 6.80. The van der Waals surface area contributed by atoms with Crippen LogP contribution in [0.5, 0.6) is 5.75 Å². The second kappa shape index (κ2) is 9.40. The molecule has 0 saturated carbocycles. The summed E-state index contributed by atoms with van der Waals surface area (Å²) >= 11 is 12.2. The number of para-hydroxylation sites is 1. The topological polar surface area (TPSA) is 68.5 Å². The molecule has 174 valence electrons. The standard InChI is InChI=1S/C24H14Cl2F3NO4/c25-14-8-9-16(18(26)11-14)22-23(21(32)17-6-1-2-7-19(17)34-22)33-12-20(31)30-15-5-3-4-13(10-15)24(27,28)29/h1-11H,12H2,(H,30,31). The molecule has 1 aromatic heterocycles. The molecule has 0 radical (unpaired) electrons. The first-order valence-corrected chi connectivity index (χ1v) is 10.5. The van der Waals surface area contributed by atoms with Crippen LogP contribution in [0.2, 0.25) is 10.0 Å². The number of carbonyl (C=O) groups is 1. The van der Waals surface area contributed by atoms with Crippen LogP contribution >= 0.6 is 23.2 Å². The SMILES string of the molecule is O=C(COc1c(-c2ccc(Cl)cc2Cl)oc2ccccc2c1=O)Nc1cccc(C(F)(F)F)c1. The van der Waals surface area contributed by atoms with Crippen molar-refractivity contribution in [1.82, 2.24) is 0 Å². The van der Waals surface area contributed by atoms with E-state index in [1.165, 1.54) is 24.3 Å². The lowest BCUT2D eigenvalue weighted by molar-refractivity contribution is -0.137. The van der Waals surface area contributed by atoms with Crippen molar-refractivity contribution in [2.75, 3.05) is 11.9 Å². The maximum atomic E-state index is 13.1. The molecule has 1 heterocycles. The monoisotopic (exact) mass is 507 g/mol. The molecule has 1 amide bonds. The summed E-state index contributed by atoms with van der Waals surface area (Å²) in [6, 6.07) is 15.1. The molecule has 4 rings (SSSR count). The Bertz CT molecular complexity index is 1450. The lowest BCUT2D eigenvalue weighted by Crippen LogP contribution is -2.23. The molecule has 0 fully saturated rings. The van der Waals surface area contributed by atoms with E-state index in [0.717, 1.165) is 18.2 Å². The second-order valence-corrected chi connectivity index (χ2v) is 7.97. The van der Waals surface area contributed by atoms with Crippen LogP contribution in [0.25, 0.3) is 22.3 Å². The van der Waals surface area contributed by atoms with Crippen molar-refractivity contribution in [3.63, 3.8) is 0 Å². The number of ether oxygens (including phenoxy) is 1. The lowest BCUT2D eigenvalue weighted by Gasteiger charge is -2.13. The molecule has 0 aliphatic heterocycles. The summed E-state index contributed by atoms with van der Waals surface area (Å²) in [4.78, 5) is 25.5. The van der Waals surface area contributed by atoms with Crippen LogP contribution in [0.15, 0.2) is 75.9 Å². The van der Waals surface area contributed by atoms with Crippen LogP contribution in [0.4, 0.5) is 18.9 Å². The molecular formula is C24H14Cl2F3NO4. The van der Waals surface area contributed by atoms with Gasteiger partial charge in [0.15, 0.2) is 12.4 Å². The molecule has 0 spiro atoms. The van der Waals surface area contributed by atoms with E-state index in [2.05, 4.69) is 5.32 Å². The molecule has 0 unspecified atom stereocenters. The number of hydrogen-bond acceptors (Lipinski definition) is 4. The Labute approximate surface area is 200 Å². The van der Waals surface area contributed by atoms with Gasteiger partial charge in [0.25, 0.3) is 5.91 Å². The number of anilines is 1. The smallest absolute Gasteiger partial charge is 0.416 e. The van der Waals surface area contributed by atoms with E-state index in [1.54, 1.807) is 24.3 Å². The minimum atomic E-state index is -4.56. The van der Waals surface area contributed by atoms with Crippen molar-refractivity contribution in [2.45, 2.75) is 6.18 Å². The molecule has 0 saturated heterocycles. The predicted molar refractivity (Wildman–Crippen MR) is 124 cm³/mol. The third kappa shape index (κ3) is 5.03. The van der Waals surface area contributed by atoms with Crippen molar-refractivity contribution in [3.05, 3.63) is 92.6 Å². The van der Waals surface area contributed by atoms with Crippen molar-refractivity contribution >= 4 is 45.8 Å². The largest absolute Gasteiger partial charge is 0.476 e. The molecule has 5 nitrogen and oxygen atoms in total. The Hall–Kier alpha value is -3.49. The van der Waals surface area contributed by atoms with Crippen LogP contribution < -0.4 is 15.5 Å². The fourth-order valence-electron chi connectivity index (χ4n) is 3.22. The van der Waals surface area contributed by atoms with E-state index in [4.69, 9.17) is 32.4 Å². The van der Waals surface area contributed by atoms with E-state index in [0.29, 0.717) is 10.6 Å². The summed E-state index contributed by atoms with van der Waals surface area (Å²) in [6.07, 6.45) is -4.56. The van der Waals surface area contributed by atoms with E-state index in [-0.39, 0.29) is 33.2 Å². The van der Waals surface area contributed by atoms with Gasteiger partial charge in [-0.3, -0.25) is 9.59 Å². The summed E-state index contributed by atoms with van der Waals surface area (Å²) in [5.41, 5.74) is -0.956. The highest BCUT2D eigenvalue weighted by atomic mass is 35.5. The van der Waals surface area contributed by atoms with Crippen LogP contribution in [-0.4, -0.2) is 12.5 Å². The molecule has 0 aliphatic carbocycles. The van der Waals surface area contributed by atoms with Crippen LogP contribution in [-0.2, 0) is 11.0 Å². The van der Waals surface area contributed by atoms with Crippen molar-refractivity contribution in [3.8, 4) is 17.1 Å². The van der Waals surface area contributed by atoms with E-state index < -0.39 is 29.7 Å². The van der Waals surface area contributed by atoms with Gasteiger partial charge in [-0.1, -0.05) is 41.4 Å². The summed E-state index contributed by atoms with van der Waals surface area (Å²) in [6.45, 7) is -0.669. The molecule has 10 heteroatoms. The van der Waals surface area contributed by atoms with E-state index in [1.807, 2.05) is 0 Å². The zero-order valence-electron chi connectivity index (χ0n) is 17.1. The summed E-state index contributed by atoms with van der Waals surface area (Å²) in [7, 11) is 0. The van der Waals surface area contributed by atoms with Gasteiger partial charge in [-0.25, -0.2) is 0 Å². The van der Waals surface area contributed by atoms with Gasteiger partial charge in [0.2, 0.25) is 11.2 Å². The fraction of sp³-hybridized carbons (Fsp3) is 0.0833. The molecule has 1 N–H and O–H groups in total. The highest BCUT2D eigenvalue weighted by molar-refractivity contribution is 6.36. The van der Waals surface area contributed by atoms with Gasteiger partial charge in [0.1, 0.15) is 5.58 Å². The van der Waals surface area contributed by atoms with Crippen molar-refractivity contribution in [1.29, 1.82) is 0 Å². The normalized spacial score (nSPS) is 11.4. The first-order valence-electron chi connectivity index (χ1n) is 9.74. The third-order valence-electron chi connectivity index (χ3n) is 4.75. The second-order valence-electron chi connectivity index (χ2n) is 7.13. The third-order valence-corrected chi connectivity index (χ3v) is 5.30. The van der Waals surface area contributed by atoms with E-state index in [9.17, 15) is 22.8 Å². The summed E-state index contributed by atoms with van der Waals surface area (Å²) in [5, 5.41) is 3.08. The van der Waals surface area contributed by atoms with Crippen molar-refractivity contribution < 1.29 is 27.1 Å². The first-order chi connectivity index (χ1) is 16.1. The van der Waals surface area contributed by atoms with Gasteiger partial charge in [0.05, 0.1) is 16.0 Å². The molecule has 34 heavy (non-hydrogen) atoms. The summed E-state index contributed by atoms with van der Waals surface area (Å²) < 4.78 is 50.1. The number of fused-ring (bicyclic) bond motifs is 1. The van der Waals surface area contributed by atoms with Gasteiger partial charge < -0.3 is 14.5 Å². The zero-order valence-corrected chi connectivity index (χ0v) is 18.6. The van der Waals surface area contributed by atoms with Gasteiger partial charge in [0, 0.05) is 16.3 Å². The molecular weight excluding hydrogens is 494 g/mol. The van der Waals surface area contributed by atoms with Crippen LogP contribution in [0.1, 0.15) is 5.56 Å². The first kappa shape index (κ1) is 23.7. The molecule has 0 atom stereocenters. The van der Waals surface area contributed by atoms with Gasteiger partial charge in [-0.2, -0.15) is 13.2 Å². The average Bonchev–Trinajstić information content (AvgIpc) is 2.78. The van der Waals surface area contributed by atoms with Crippen molar-refractivity contribution in [2.24, 2.45) is 0 Å². The number of nitrogens with one attached hydrogen (secondary N) is 1. The number of amides is 1. The maximum Gasteiger partial charge on any atom is 0.416 e. The van der Waals surface area contributed by atoms with Crippen LogP contribution in [0, 0.1) is 0 Å². The number of hydrogen-bond donors (Lipinski definition) is 1. The van der Waals surface area contributed by atoms with Gasteiger partial charge >= 0.3 is 6.18 Å². The summed E-state index contributed by atoms with van der Waals surface area (Å²) in [5.74, 6) is -1.07. The van der Waals surface area contributed by atoms with Crippen LogP contribution in [0.3, 0.4) is 0 Å². The fourth-order valence-corrected chi connectivity index (χ4v) is 3.71. The number of alkyl halides is 3. The minimum absolute atomic E-state index is 0.0164. The lowest BCUT2D eigenvalue weighted by atomic mass is 10.1. The Kier molecular flexibility index (Phi) is 6.54. The Balaban J connectivity index is 1.66. The number of rotatable bonds is 5. The average molecular weight is 508 g/mol. The Morgan fingerprint density at radius 3 is 2.50 bits per heavy atom. The molecule has 3 aromatic carbocycles. The maximum absolute atomic E-state index is 13.1. The zero-order chi connectivity index (χ0) is 24.5. The quantitative estimate of drug-likeness (QED) is 0.322. The minimum Gasteiger partial charge on any atom is -0.476 e. The molecule has 0 bridgehead atoms. The van der Waals surface area contributed by atoms with Gasteiger partial charge in [-0.15, -0.1) is 0 Å². The number of benzene rings is 3.